The maximum absolute atomic E-state index is 10.1. The number of likely N-dealkylation sites (tertiary alicyclic amines) is 1. The molecule has 1 aliphatic heterocycles. The number of halogens is 1. The molecule has 0 amide bonds. The molecule has 5 atom stereocenters. The number of quaternary nitrogens is 1. The van der Waals surface area contributed by atoms with Crippen molar-refractivity contribution in [1.82, 2.24) is 0 Å². The number of rotatable bonds is 9. The van der Waals surface area contributed by atoms with Gasteiger partial charge in [-0.3, -0.25) is 0 Å². The van der Waals surface area contributed by atoms with Crippen molar-refractivity contribution in [2.75, 3.05) is 26.7 Å². The molecule has 1 heterocycles. The lowest BCUT2D eigenvalue weighted by molar-refractivity contribution is -0.946. The van der Waals surface area contributed by atoms with Crippen LogP contribution in [0, 0.1) is 0 Å². The van der Waals surface area contributed by atoms with Gasteiger partial charge in [0.1, 0.15) is 30.9 Å². The molecule has 0 aliphatic carbocycles. The minimum Gasteiger partial charge on any atom is -1.00 e. The highest BCUT2D eigenvalue weighted by Gasteiger charge is 2.49. The Hall–Kier alpha value is 0.280. The number of aliphatic hydroxyl groups excluding tert-OH is 4. The first kappa shape index (κ1) is 22.3. The van der Waals surface area contributed by atoms with Crippen molar-refractivity contribution in [1.29, 1.82) is 0 Å². The monoisotopic (exact) mass is 383 g/mol. The fourth-order valence-electron chi connectivity index (χ4n) is 3.49. The lowest BCUT2D eigenvalue weighted by Crippen LogP contribution is -3.00. The van der Waals surface area contributed by atoms with E-state index in [9.17, 15) is 20.4 Å². The smallest absolute Gasteiger partial charge is 0.141 e. The van der Waals surface area contributed by atoms with Crippen LogP contribution in [-0.2, 0) is 0 Å². The summed E-state index contributed by atoms with van der Waals surface area (Å²) in [6.07, 6.45) is 5.38. The summed E-state index contributed by atoms with van der Waals surface area (Å²) in [6, 6.07) is -0.413. The first-order valence-corrected chi connectivity index (χ1v) is 8.45. The predicted octanol–water partition coefficient (Wildman–Crippen LogP) is -2.36. The van der Waals surface area contributed by atoms with Crippen LogP contribution in [-0.4, -0.2) is 76.0 Å². The normalized spacial score (nSPS) is 35.2. The number of nitrogens with zero attached hydrogens (tertiary/aromatic N) is 1. The van der Waals surface area contributed by atoms with E-state index in [4.69, 9.17) is 0 Å². The van der Waals surface area contributed by atoms with Crippen molar-refractivity contribution in [2.24, 2.45) is 0 Å². The molecule has 0 saturated carbocycles. The van der Waals surface area contributed by atoms with E-state index in [0.29, 0.717) is 11.0 Å². The Morgan fingerprint density at radius 1 is 0.909 bits per heavy atom. The van der Waals surface area contributed by atoms with Crippen molar-refractivity contribution >= 4 is 0 Å². The van der Waals surface area contributed by atoms with Crippen molar-refractivity contribution in [3.63, 3.8) is 0 Å². The summed E-state index contributed by atoms with van der Waals surface area (Å²) in [6.45, 7) is 3.25. The van der Waals surface area contributed by atoms with Crippen LogP contribution in [0.1, 0.15) is 51.9 Å². The minimum atomic E-state index is -1.15. The third-order valence-corrected chi connectivity index (χ3v) is 5.00. The molecular formula is C16H34BrNO4. The molecule has 0 aromatic carbocycles. The van der Waals surface area contributed by atoms with Crippen molar-refractivity contribution in [3.8, 4) is 0 Å². The molecule has 0 radical (unpaired) electrons. The summed E-state index contributed by atoms with van der Waals surface area (Å²) in [5.41, 5.74) is 0. The zero-order chi connectivity index (χ0) is 15.9. The molecule has 6 heteroatoms. The van der Waals surface area contributed by atoms with Crippen LogP contribution in [0.2, 0.25) is 0 Å². The second-order valence-corrected chi connectivity index (χ2v) is 6.81. The lowest BCUT2D eigenvalue weighted by atomic mass is 9.91. The van der Waals surface area contributed by atoms with E-state index in [1.165, 1.54) is 32.1 Å². The van der Waals surface area contributed by atoms with E-state index >= 15 is 0 Å². The highest BCUT2D eigenvalue weighted by molar-refractivity contribution is 4.87. The van der Waals surface area contributed by atoms with Crippen LogP contribution in [0.3, 0.4) is 0 Å². The Balaban J connectivity index is 0.00000441. The molecule has 4 N–H and O–H groups in total. The molecule has 1 saturated heterocycles. The third kappa shape index (κ3) is 6.06. The summed E-state index contributed by atoms with van der Waals surface area (Å²) in [5, 5.41) is 39.2. The average molecular weight is 384 g/mol. The number of piperidine rings is 1. The van der Waals surface area contributed by atoms with Crippen LogP contribution in [0.25, 0.3) is 0 Å². The Morgan fingerprint density at radius 3 is 2.00 bits per heavy atom. The standard InChI is InChI=1S/C16H34NO4.BrH/c1-3-4-5-6-7-8-9-10-17(2)11-14(19)16(21)15(20)13(17)12-18;/h13-16,18-21H,3-12H2,1-2H3;1H/q+1;/p-1/t13-,14+,15+,16-,17?;/m1./s1. The number of hydrogen-bond donors (Lipinski definition) is 4. The van der Waals surface area contributed by atoms with Gasteiger partial charge in [-0.05, 0) is 12.8 Å². The van der Waals surface area contributed by atoms with Crippen molar-refractivity contribution in [2.45, 2.75) is 76.2 Å². The van der Waals surface area contributed by atoms with Crippen LogP contribution in [0.5, 0.6) is 0 Å². The Bertz CT molecular complexity index is 295. The van der Waals surface area contributed by atoms with E-state index in [1.807, 2.05) is 7.05 Å². The number of unbranched alkanes of at least 4 members (excludes halogenated alkanes) is 6. The molecule has 1 aliphatic rings. The van der Waals surface area contributed by atoms with Gasteiger partial charge in [0.25, 0.3) is 0 Å². The van der Waals surface area contributed by atoms with Gasteiger partial charge in [0.15, 0.2) is 0 Å². The van der Waals surface area contributed by atoms with Gasteiger partial charge in [-0.25, -0.2) is 0 Å². The summed E-state index contributed by atoms with van der Waals surface area (Å²) in [7, 11) is 1.95. The minimum absolute atomic E-state index is 0. The third-order valence-electron chi connectivity index (χ3n) is 5.00. The number of hydrogen-bond acceptors (Lipinski definition) is 4. The molecular weight excluding hydrogens is 350 g/mol. The summed E-state index contributed by atoms with van der Waals surface area (Å²) in [4.78, 5) is 0. The fraction of sp³-hybridized carbons (Fsp3) is 1.00. The summed E-state index contributed by atoms with van der Waals surface area (Å²) >= 11 is 0. The second-order valence-electron chi connectivity index (χ2n) is 6.81. The highest BCUT2D eigenvalue weighted by Crippen LogP contribution is 2.26. The van der Waals surface area contributed by atoms with E-state index in [0.717, 1.165) is 19.4 Å². The van der Waals surface area contributed by atoms with Gasteiger partial charge in [0.05, 0.1) is 20.2 Å². The van der Waals surface area contributed by atoms with Gasteiger partial charge in [-0.2, -0.15) is 0 Å². The topological polar surface area (TPSA) is 80.9 Å². The maximum Gasteiger partial charge on any atom is 0.141 e. The van der Waals surface area contributed by atoms with Crippen molar-refractivity contribution < 1.29 is 41.9 Å². The van der Waals surface area contributed by atoms with Crippen LogP contribution < -0.4 is 17.0 Å². The molecule has 1 unspecified atom stereocenters. The highest BCUT2D eigenvalue weighted by atomic mass is 79.9. The second kappa shape index (κ2) is 10.9. The van der Waals surface area contributed by atoms with E-state index in [-0.39, 0.29) is 23.6 Å². The fourth-order valence-corrected chi connectivity index (χ4v) is 3.49. The Morgan fingerprint density at radius 2 is 1.45 bits per heavy atom. The average Bonchev–Trinajstić information content (AvgIpc) is 2.44. The quantitative estimate of drug-likeness (QED) is 0.265. The van der Waals surface area contributed by atoms with Gasteiger partial charge in [0.2, 0.25) is 0 Å². The largest absolute Gasteiger partial charge is 1.00 e. The van der Waals surface area contributed by atoms with Crippen molar-refractivity contribution in [3.05, 3.63) is 0 Å². The Labute approximate surface area is 145 Å². The van der Waals surface area contributed by atoms with Crippen LogP contribution in [0.15, 0.2) is 0 Å². The van der Waals surface area contributed by atoms with Crippen LogP contribution >= 0.6 is 0 Å². The van der Waals surface area contributed by atoms with Crippen LogP contribution in [0.4, 0.5) is 0 Å². The van der Waals surface area contributed by atoms with E-state index in [2.05, 4.69) is 6.92 Å². The van der Waals surface area contributed by atoms with Gasteiger partial charge < -0.3 is 41.9 Å². The molecule has 0 aromatic heterocycles. The number of likely N-dealkylation sites (N-methyl/N-ethyl adjacent to an activating group) is 1. The molecule has 0 bridgehead atoms. The molecule has 1 rings (SSSR count). The predicted molar refractivity (Wildman–Crippen MR) is 82.8 cm³/mol. The summed E-state index contributed by atoms with van der Waals surface area (Å²) in [5.74, 6) is 0. The Kier molecular flexibility index (Phi) is 11.1. The van der Waals surface area contributed by atoms with Gasteiger partial charge in [-0.1, -0.05) is 39.0 Å². The van der Waals surface area contributed by atoms with Gasteiger partial charge in [-0.15, -0.1) is 0 Å². The first-order chi connectivity index (χ1) is 9.96. The molecule has 22 heavy (non-hydrogen) atoms. The molecule has 134 valence electrons. The molecule has 5 nitrogen and oxygen atoms in total. The zero-order valence-electron chi connectivity index (χ0n) is 14.0. The lowest BCUT2D eigenvalue weighted by Gasteiger charge is -2.49. The maximum atomic E-state index is 10.1. The van der Waals surface area contributed by atoms with E-state index in [1.54, 1.807) is 0 Å². The van der Waals surface area contributed by atoms with E-state index < -0.39 is 24.4 Å². The zero-order valence-corrected chi connectivity index (χ0v) is 15.6. The van der Waals surface area contributed by atoms with Gasteiger partial charge in [0, 0.05) is 0 Å². The number of aliphatic hydroxyl groups is 4. The molecule has 0 spiro atoms. The molecule has 0 aromatic rings. The SMILES string of the molecule is CCCCCCCCC[N+]1(C)C[C@H](O)[C@@H](O)[C@@H](O)[C@H]1CO.[Br-]. The van der Waals surface area contributed by atoms with Gasteiger partial charge >= 0.3 is 0 Å². The first-order valence-electron chi connectivity index (χ1n) is 8.45. The molecule has 1 fully saturated rings. The summed E-state index contributed by atoms with van der Waals surface area (Å²) < 4.78 is 0.435.